The van der Waals surface area contributed by atoms with Gasteiger partial charge in [-0.05, 0) is 0 Å². The van der Waals surface area contributed by atoms with Gasteiger partial charge in [-0.15, -0.1) is 0 Å². The maximum Gasteiger partial charge on any atom is 0.189 e. The monoisotopic (exact) mass is 342 g/mol. The van der Waals surface area contributed by atoms with Crippen LogP contribution in [-0.4, -0.2) is 115 Å². The van der Waals surface area contributed by atoms with Crippen molar-refractivity contribution < 1.29 is 55.1 Å². The topological polar surface area (TPSA) is 197 Å². The van der Waals surface area contributed by atoms with Crippen LogP contribution in [0.1, 0.15) is 0 Å². The van der Waals surface area contributed by atoms with Crippen LogP contribution in [0.3, 0.4) is 0 Å². The van der Waals surface area contributed by atoms with Gasteiger partial charge in [0, 0.05) is 0 Å². The number of rotatable bonds is 8. The van der Waals surface area contributed by atoms with E-state index in [0.717, 1.165) is 0 Å². The third-order valence-electron chi connectivity index (χ3n) is 3.47. The molecule has 0 radical (unpaired) electrons. The van der Waals surface area contributed by atoms with E-state index in [0.29, 0.717) is 0 Å². The molecular weight excluding hydrogens is 320 g/mol. The Hall–Kier alpha value is -0.730. The Morgan fingerprint density at radius 3 is 2.17 bits per heavy atom. The van der Waals surface area contributed by atoms with Crippen molar-refractivity contribution in [3.8, 4) is 0 Å². The Bertz CT molecular complexity index is 376. The van der Waals surface area contributed by atoms with Crippen LogP contribution in [0.25, 0.3) is 0 Å². The number of ether oxygens (including phenoxy) is 2. The number of aliphatic hydroxyl groups excluding tert-OH is 8. The first kappa shape index (κ1) is 20.3. The van der Waals surface area contributed by atoms with Gasteiger partial charge in [0.25, 0.3) is 0 Å². The molecule has 1 aliphatic heterocycles. The lowest BCUT2D eigenvalue weighted by molar-refractivity contribution is -0.299. The number of carbonyl (C=O) groups excluding carboxylic acids is 1. The fourth-order valence-corrected chi connectivity index (χ4v) is 1.96. The lowest BCUT2D eigenvalue weighted by Crippen LogP contribution is -2.59. The van der Waals surface area contributed by atoms with Gasteiger partial charge in [0.05, 0.1) is 13.2 Å². The van der Waals surface area contributed by atoms with Crippen LogP contribution < -0.4 is 0 Å². The summed E-state index contributed by atoms with van der Waals surface area (Å²) >= 11 is 0. The smallest absolute Gasteiger partial charge is 0.189 e. The molecule has 136 valence electrons. The number of ketones is 1. The number of aliphatic hydroxyl groups is 8. The molecule has 0 aromatic heterocycles. The highest BCUT2D eigenvalue weighted by molar-refractivity contribution is 5.84. The van der Waals surface area contributed by atoms with Gasteiger partial charge in [0.15, 0.2) is 12.1 Å². The quantitative estimate of drug-likeness (QED) is 0.209. The standard InChI is InChI=1S/C12H22O11/c13-1-4(15)7(17)8(18)5(16)3-22-12-11(21)10(20)9(19)6(2-14)23-12/h4,6-15,17-21H,1-3H2/t4?,6-,7?,8?,9-,10+,11-,12?/m1/s1. The van der Waals surface area contributed by atoms with Crippen molar-refractivity contribution in [2.24, 2.45) is 0 Å². The van der Waals surface area contributed by atoms with E-state index >= 15 is 0 Å². The molecular formula is C12H22O11. The normalized spacial score (nSPS) is 35.6. The lowest BCUT2D eigenvalue weighted by atomic mass is 9.99. The van der Waals surface area contributed by atoms with Gasteiger partial charge in [-0.25, -0.2) is 0 Å². The maximum atomic E-state index is 11.6. The van der Waals surface area contributed by atoms with Crippen molar-refractivity contribution in [3.05, 3.63) is 0 Å². The van der Waals surface area contributed by atoms with E-state index in [2.05, 4.69) is 0 Å². The fourth-order valence-electron chi connectivity index (χ4n) is 1.96. The highest BCUT2D eigenvalue weighted by Gasteiger charge is 2.44. The summed E-state index contributed by atoms with van der Waals surface area (Å²) in [7, 11) is 0. The summed E-state index contributed by atoms with van der Waals surface area (Å²) in [4.78, 5) is 11.6. The van der Waals surface area contributed by atoms with E-state index < -0.39 is 74.6 Å². The molecule has 0 amide bonds. The average Bonchev–Trinajstić information content (AvgIpc) is 2.56. The molecule has 11 nitrogen and oxygen atoms in total. The minimum absolute atomic E-state index is 0.678. The Labute approximate surface area is 130 Å². The molecule has 0 spiro atoms. The average molecular weight is 342 g/mol. The third kappa shape index (κ3) is 4.87. The summed E-state index contributed by atoms with van der Waals surface area (Å²) < 4.78 is 9.85. The van der Waals surface area contributed by atoms with Crippen LogP contribution >= 0.6 is 0 Å². The van der Waals surface area contributed by atoms with Crippen LogP contribution in [0.5, 0.6) is 0 Å². The van der Waals surface area contributed by atoms with Crippen molar-refractivity contribution in [2.45, 2.75) is 49.0 Å². The summed E-state index contributed by atoms with van der Waals surface area (Å²) in [6, 6.07) is 0. The Morgan fingerprint density at radius 2 is 1.65 bits per heavy atom. The van der Waals surface area contributed by atoms with Gasteiger partial charge < -0.3 is 50.3 Å². The van der Waals surface area contributed by atoms with Crippen molar-refractivity contribution in [2.75, 3.05) is 19.8 Å². The summed E-state index contributed by atoms with van der Waals surface area (Å²) in [6.07, 6.45) is -13.5. The molecule has 1 saturated heterocycles. The SMILES string of the molecule is O=C(COC1O[C@H](CO)[C@@H](O)[C@H](O)[C@H]1O)C(O)C(O)C(O)CO. The molecule has 0 aromatic carbocycles. The second-order valence-electron chi connectivity index (χ2n) is 5.16. The summed E-state index contributed by atoms with van der Waals surface area (Å²) in [6.45, 7) is -2.42. The van der Waals surface area contributed by atoms with Gasteiger partial charge in [-0.3, -0.25) is 4.79 Å². The van der Waals surface area contributed by atoms with E-state index in [1.807, 2.05) is 0 Å². The van der Waals surface area contributed by atoms with E-state index in [9.17, 15) is 30.3 Å². The molecule has 1 rings (SSSR count). The molecule has 23 heavy (non-hydrogen) atoms. The van der Waals surface area contributed by atoms with Crippen LogP contribution in [0.4, 0.5) is 0 Å². The molecule has 1 heterocycles. The van der Waals surface area contributed by atoms with Crippen LogP contribution in [0.2, 0.25) is 0 Å². The second kappa shape index (κ2) is 8.94. The third-order valence-corrected chi connectivity index (χ3v) is 3.47. The van der Waals surface area contributed by atoms with Crippen LogP contribution in [0.15, 0.2) is 0 Å². The molecule has 0 saturated carbocycles. The molecule has 0 bridgehead atoms. The molecule has 1 fully saturated rings. The van der Waals surface area contributed by atoms with Gasteiger partial charge in [0.1, 0.15) is 49.3 Å². The highest BCUT2D eigenvalue weighted by Crippen LogP contribution is 2.22. The number of hydrogen-bond donors (Lipinski definition) is 8. The lowest BCUT2D eigenvalue weighted by Gasteiger charge is -2.39. The summed E-state index contributed by atoms with van der Waals surface area (Å²) in [5, 5.41) is 74.4. The van der Waals surface area contributed by atoms with Gasteiger partial charge >= 0.3 is 0 Å². The molecule has 4 unspecified atom stereocenters. The van der Waals surface area contributed by atoms with Crippen LogP contribution in [0, 0.1) is 0 Å². The summed E-state index contributed by atoms with van der Waals surface area (Å²) in [5.41, 5.74) is 0. The Balaban J connectivity index is 2.57. The minimum Gasteiger partial charge on any atom is -0.394 e. The Kier molecular flexibility index (Phi) is 7.89. The fraction of sp³-hybridized carbons (Fsp3) is 0.917. The van der Waals surface area contributed by atoms with Gasteiger partial charge in [0.2, 0.25) is 0 Å². The zero-order valence-corrected chi connectivity index (χ0v) is 12.0. The maximum absolute atomic E-state index is 11.6. The second-order valence-corrected chi connectivity index (χ2v) is 5.16. The predicted octanol–water partition coefficient (Wildman–Crippen LogP) is -5.55. The van der Waals surface area contributed by atoms with Crippen molar-refractivity contribution in [3.63, 3.8) is 0 Å². The first-order valence-corrected chi connectivity index (χ1v) is 6.84. The Morgan fingerprint density at radius 1 is 1.04 bits per heavy atom. The zero-order valence-electron chi connectivity index (χ0n) is 12.0. The molecule has 0 aromatic rings. The van der Waals surface area contributed by atoms with Crippen LogP contribution in [-0.2, 0) is 14.3 Å². The van der Waals surface area contributed by atoms with E-state index in [1.54, 1.807) is 0 Å². The first-order valence-electron chi connectivity index (χ1n) is 6.84. The van der Waals surface area contributed by atoms with Crippen molar-refractivity contribution >= 4 is 5.78 Å². The number of hydrogen-bond acceptors (Lipinski definition) is 11. The molecule has 11 heteroatoms. The number of Topliss-reactive ketones (excluding diaryl/α,β-unsaturated/α-hetero) is 1. The first-order chi connectivity index (χ1) is 10.7. The number of carbonyl (C=O) groups is 1. The zero-order chi connectivity index (χ0) is 17.7. The van der Waals surface area contributed by atoms with Gasteiger partial charge in [-0.2, -0.15) is 0 Å². The van der Waals surface area contributed by atoms with Crippen molar-refractivity contribution in [1.82, 2.24) is 0 Å². The largest absolute Gasteiger partial charge is 0.394 e. The molecule has 8 N–H and O–H groups in total. The predicted molar refractivity (Wildman–Crippen MR) is 69.8 cm³/mol. The van der Waals surface area contributed by atoms with E-state index in [1.165, 1.54) is 0 Å². The molecule has 1 aliphatic rings. The van der Waals surface area contributed by atoms with E-state index in [4.69, 9.17) is 24.8 Å². The molecule has 0 aliphatic carbocycles. The van der Waals surface area contributed by atoms with Crippen molar-refractivity contribution in [1.29, 1.82) is 0 Å². The van der Waals surface area contributed by atoms with Gasteiger partial charge in [-0.1, -0.05) is 0 Å². The highest BCUT2D eigenvalue weighted by atomic mass is 16.7. The van der Waals surface area contributed by atoms with E-state index in [-0.39, 0.29) is 0 Å². The minimum atomic E-state index is -2.05. The summed E-state index contributed by atoms with van der Waals surface area (Å²) in [5.74, 6) is -1.08. The molecule has 8 atom stereocenters.